The average molecular weight is 1010 g/mol. The van der Waals surface area contributed by atoms with Crippen LogP contribution in [0.25, 0.3) is 0 Å². The quantitative estimate of drug-likeness (QED) is 0.0846. The lowest BCUT2D eigenvalue weighted by atomic mass is 9.78. The number of alkyl halides is 1. The van der Waals surface area contributed by atoms with Crippen molar-refractivity contribution in [2.75, 3.05) is 20.8 Å². The summed E-state index contributed by atoms with van der Waals surface area (Å²) in [5, 5.41) is 33.8. The number of esters is 1. The van der Waals surface area contributed by atoms with E-state index in [1.807, 2.05) is 58.1 Å². The zero-order chi connectivity index (χ0) is 47.5. The highest BCUT2D eigenvalue weighted by atomic mass is 127. The highest BCUT2D eigenvalue weighted by Gasteiger charge is 2.53. The van der Waals surface area contributed by atoms with Crippen LogP contribution in [-0.2, 0) is 42.9 Å². The third-order valence-electron chi connectivity index (χ3n) is 14.2. The number of methoxy groups -OCH3 is 2. The van der Waals surface area contributed by atoms with Crippen molar-refractivity contribution >= 4 is 51.8 Å². The van der Waals surface area contributed by atoms with Crippen LogP contribution in [0, 0.1) is 35.5 Å². The summed E-state index contributed by atoms with van der Waals surface area (Å²) in [6.07, 6.45) is 12.4. The van der Waals surface area contributed by atoms with Crippen molar-refractivity contribution in [1.29, 1.82) is 0 Å². The number of amides is 1. The number of ether oxygens (including phenoxy) is 4. The number of halogens is 1. The first-order valence-electron chi connectivity index (χ1n) is 23.5. The number of carbonyl (C=O) groups excluding carboxylic acids is 5. The molecular formula is C50H76INO12. The van der Waals surface area contributed by atoms with Crippen LogP contribution < -0.4 is 0 Å². The van der Waals surface area contributed by atoms with E-state index in [1.54, 1.807) is 34.0 Å². The molecule has 13 nitrogen and oxygen atoms in total. The second-order valence-electron chi connectivity index (χ2n) is 19.3. The lowest BCUT2D eigenvalue weighted by Crippen LogP contribution is -2.60. The van der Waals surface area contributed by atoms with Gasteiger partial charge in [0, 0.05) is 48.9 Å². The molecule has 1 aliphatic carbocycles. The Bertz CT molecular complexity index is 1740. The molecule has 15 atom stereocenters. The van der Waals surface area contributed by atoms with Crippen molar-refractivity contribution in [2.45, 2.75) is 178 Å². The molecule has 0 aromatic carbocycles. The Morgan fingerprint density at radius 3 is 2.30 bits per heavy atom. The first-order valence-corrected chi connectivity index (χ1v) is 24.7. The number of rotatable bonds is 5. The van der Waals surface area contributed by atoms with Crippen molar-refractivity contribution in [3.05, 3.63) is 47.6 Å². The summed E-state index contributed by atoms with van der Waals surface area (Å²) < 4.78 is 23.6. The van der Waals surface area contributed by atoms with Gasteiger partial charge in [-0.05, 0) is 108 Å². The average Bonchev–Trinajstić information content (AvgIpc) is 3.26. The largest absolute Gasteiger partial charge is 0.460 e. The predicted octanol–water partition coefficient (Wildman–Crippen LogP) is 6.97. The summed E-state index contributed by atoms with van der Waals surface area (Å²) in [6.45, 7) is 12.9. The van der Waals surface area contributed by atoms with E-state index >= 15 is 0 Å². The van der Waals surface area contributed by atoms with Gasteiger partial charge in [0.25, 0.3) is 11.7 Å². The number of cyclic esters (lactones) is 1. The summed E-state index contributed by atoms with van der Waals surface area (Å²) in [4.78, 5) is 71.7. The SMILES string of the molecule is CO[C@@H]1C[C@@H](CC(C)[C@@H]2CC(=O)[C@H](C)/C=C(\C)[C@@H](O)[C@@H](OC)C(=O)[C@H](C)C[C@H](C)/C=C/C=C/C=C(/C)[C@H](I)C[C@@H]3CC[C@@H](C)[C@@](O)(O3)C(=O)C(=O)N3CCCCC3C(=O)O2)CC[C@H]1O. The maximum absolute atomic E-state index is 14.3. The molecule has 3 heterocycles. The topological polar surface area (TPSA) is 186 Å². The van der Waals surface area contributed by atoms with E-state index in [9.17, 15) is 39.3 Å². The van der Waals surface area contributed by atoms with Crippen molar-refractivity contribution in [3.8, 4) is 0 Å². The molecule has 2 saturated heterocycles. The number of aliphatic hydroxyl groups excluding tert-OH is 2. The number of hydrogen-bond acceptors (Lipinski definition) is 12. The molecule has 0 aromatic rings. The maximum atomic E-state index is 14.3. The molecule has 0 aromatic heterocycles. The van der Waals surface area contributed by atoms with Crippen molar-refractivity contribution in [1.82, 2.24) is 4.90 Å². The van der Waals surface area contributed by atoms with Crippen LogP contribution in [0.2, 0.25) is 0 Å². The van der Waals surface area contributed by atoms with Gasteiger partial charge in [-0.1, -0.05) is 99.2 Å². The molecule has 3 fully saturated rings. The number of piperidine rings is 1. The number of aliphatic hydroxyl groups is 3. The monoisotopic (exact) mass is 1010 g/mol. The molecule has 3 aliphatic heterocycles. The molecule has 0 spiro atoms. The molecule has 64 heavy (non-hydrogen) atoms. The smallest absolute Gasteiger partial charge is 0.329 e. The van der Waals surface area contributed by atoms with Gasteiger partial charge < -0.3 is 39.2 Å². The Labute approximate surface area is 395 Å². The summed E-state index contributed by atoms with van der Waals surface area (Å²) >= 11 is 2.32. The fourth-order valence-corrected chi connectivity index (χ4v) is 10.6. The van der Waals surface area contributed by atoms with E-state index in [4.69, 9.17) is 18.9 Å². The minimum atomic E-state index is -2.37. The Hall–Kier alpha value is -2.60. The minimum Gasteiger partial charge on any atom is -0.460 e. The highest BCUT2D eigenvalue weighted by Crippen LogP contribution is 2.38. The van der Waals surface area contributed by atoms with Gasteiger partial charge in [0.1, 0.15) is 30.1 Å². The van der Waals surface area contributed by atoms with Gasteiger partial charge in [0.15, 0.2) is 5.78 Å². The molecule has 3 N–H and O–H groups in total. The fourth-order valence-electron chi connectivity index (χ4n) is 9.82. The Balaban J connectivity index is 1.69. The number of fused-ring (bicyclic) bond motifs is 3. The van der Waals surface area contributed by atoms with Gasteiger partial charge in [-0.3, -0.25) is 19.2 Å². The lowest BCUT2D eigenvalue weighted by Gasteiger charge is -2.42. The first-order chi connectivity index (χ1) is 30.2. The van der Waals surface area contributed by atoms with Gasteiger partial charge in [-0.2, -0.15) is 0 Å². The molecule has 1 amide bonds. The van der Waals surface area contributed by atoms with Gasteiger partial charge in [0.2, 0.25) is 5.79 Å². The van der Waals surface area contributed by atoms with Gasteiger partial charge in [-0.15, -0.1) is 0 Å². The van der Waals surface area contributed by atoms with E-state index < -0.39 is 77.8 Å². The van der Waals surface area contributed by atoms with Gasteiger partial charge >= 0.3 is 5.97 Å². The summed E-state index contributed by atoms with van der Waals surface area (Å²) in [7, 11) is 2.95. The van der Waals surface area contributed by atoms with Crippen LogP contribution >= 0.6 is 22.6 Å². The van der Waals surface area contributed by atoms with Crippen LogP contribution in [0.4, 0.5) is 0 Å². The molecule has 4 rings (SSSR count). The third-order valence-corrected chi connectivity index (χ3v) is 15.7. The molecule has 0 radical (unpaired) electrons. The van der Waals surface area contributed by atoms with Crippen molar-refractivity contribution in [2.24, 2.45) is 35.5 Å². The zero-order valence-electron chi connectivity index (χ0n) is 39.6. The normalized spacial score (nSPS) is 40.9. The van der Waals surface area contributed by atoms with Crippen LogP contribution in [0.5, 0.6) is 0 Å². The van der Waals surface area contributed by atoms with Crippen LogP contribution in [0.3, 0.4) is 0 Å². The van der Waals surface area contributed by atoms with Crippen LogP contribution in [0.1, 0.15) is 126 Å². The fraction of sp³-hybridized carbons (Fsp3) is 0.740. The Kier molecular flexibility index (Phi) is 21.1. The van der Waals surface area contributed by atoms with Gasteiger partial charge in [-0.25, -0.2) is 4.79 Å². The molecule has 1 saturated carbocycles. The summed E-state index contributed by atoms with van der Waals surface area (Å²) in [5.41, 5.74) is 1.45. The molecule has 14 heteroatoms. The predicted molar refractivity (Wildman–Crippen MR) is 252 cm³/mol. The second-order valence-corrected chi connectivity index (χ2v) is 20.8. The van der Waals surface area contributed by atoms with E-state index in [1.165, 1.54) is 12.0 Å². The van der Waals surface area contributed by atoms with E-state index in [0.29, 0.717) is 63.4 Å². The first kappa shape index (κ1) is 54.0. The van der Waals surface area contributed by atoms with Gasteiger partial charge in [0.05, 0.1) is 18.3 Å². The van der Waals surface area contributed by atoms with Crippen molar-refractivity contribution in [3.63, 3.8) is 0 Å². The standard InChI is InChI=1S/C50H76INO12/c1-29-15-11-10-12-16-30(2)38(51)27-37-20-18-35(7)50(60,64-37)47(57)48(58)52-22-14-13-17-39(52)49(59)63-42(32(4)25-36-19-21-40(53)43(26-36)61-8)28-41(54)31(3)24-34(6)45(56)46(62-9)44(55)33(5)23-29/h10-12,15-16,24,29,31-33,35-40,42-43,45-46,53,56,60H,13-14,17-23,25-28H2,1-9H3/b12-10+,15-11+,30-16-,34-24+/t29-,31-,32?,33-,35-,36-,37+,38-,39?,40-,42+,43-,45-,46+,50-/m1/s1. The van der Waals surface area contributed by atoms with Crippen molar-refractivity contribution < 1.29 is 58.2 Å². The number of ketones is 3. The number of carbonyl (C=O) groups is 5. The van der Waals surface area contributed by atoms with Crippen LogP contribution in [0.15, 0.2) is 47.6 Å². The van der Waals surface area contributed by atoms with E-state index in [0.717, 1.165) is 12.0 Å². The third kappa shape index (κ3) is 14.2. The number of nitrogens with zero attached hydrogens (tertiary/aromatic N) is 1. The maximum Gasteiger partial charge on any atom is 0.329 e. The molecule has 360 valence electrons. The number of Topliss-reactive ketones (excluding diaryl/α,β-unsaturated/α-hetero) is 3. The Morgan fingerprint density at radius 2 is 1.61 bits per heavy atom. The van der Waals surface area contributed by atoms with E-state index in [-0.39, 0.29) is 58.7 Å². The van der Waals surface area contributed by atoms with E-state index in [2.05, 4.69) is 22.6 Å². The molecule has 2 unspecified atom stereocenters. The lowest BCUT2D eigenvalue weighted by molar-refractivity contribution is -0.263. The zero-order valence-corrected chi connectivity index (χ0v) is 41.7. The molecule has 2 bridgehead atoms. The molecular weight excluding hydrogens is 933 g/mol. The summed E-state index contributed by atoms with van der Waals surface area (Å²) in [6, 6.07) is -1.12. The molecule has 4 aliphatic rings. The summed E-state index contributed by atoms with van der Waals surface area (Å²) in [5.74, 6) is -7.71. The highest BCUT2D eigenvalue weighted by molar-refractivity contribution is 14.1. The minimum absolute atomic E-state index is 0.00152. The number of allylic oxidation sites excluding steroid dienone is 7. The Morgan fingerprint density at radius 1 is 0.891 bits per heavy atom. The number of hydrogen-bond donors (Lipinski definition) is 3. The van der Waals surface area contributed by atoms with Crippen LogP contribution in [-0.4, -0.2) is 123 Å². The second kappa shape index (κ2) is 25.0.